The van der Waals surface area contributed by atoms with E-state index in [4.69, 9.17) is 4.74 Å². The van der Waals surface area contributed by atoms with Gasteiger partial charge >= 0.3 is 0 Å². The largest absolute Gasteiger partial charge is 0.377 e. The summed E-state index contributed by atoms with van der Waals surface area (Å²) in [5.41, 5.74) is 0. The molecule has 0 unspecified atom stereocenters. The Morgan fingerprint density at radius 1 is 1.35 bits per heavy atom. The molecule has 0 bridgehead atoms. The average molecular weight is 444 g/mol. The number of rotatable bonds is 5. The average Bonchev–Trinajstić information content (AvgIpc) is 3.17. The zero-order valence-corrected chi connectivity index (χ0v) is 16.4. The maximum absolute atomic E-state index is 13.0. The molecule has 130 valence electrons. The maximum atomic E-state index is 13.0. The lowest BCUT2D eigenvalue weighted by Gasteiger charge is -2.28. The molecular weight excluding hydrogens is 426 g/mol. The third-order valence-corrected chi connectivity index (χ3v) is 9.89. The van der Waals surface area contributed by atoms with E-state index in [0.29, 0.717) is 13.0 Å². The molecule has 0 aromatic carbocycles. The lowest BCUT2D eigenvalue weighted by atomic mass is 10.2. The smallest absolute Gasteiger partial charge is 0.252 e. The van der Waals surface area contributed by atoms with E-state index in [9.17, 15) is 16.8 Å². The minimum atomic E-state index is -3.72. The van der Waals surface area contributed by atoms with Crippen molar-refractivity contribution < 1.29 is 21.6 Å². The number of hydrogen-bond acceptors (Lipinski definition) is 6. The van der Waals surface area contributed by atoms with E-state index in [-0.39, 0.29) is 28.4 Å². The number of hydrogen-bond donors (Lipinski definition) is 0. The van der Waals surface area contributed by atoms with E-state index in [0.717, 1.165) is 28.0 Å². The third-order valence-electron chi connectivity index (χ3n) is 4.13. The fourth-order valence-electron chi connectivity index (χ4n) is 2.99. The van der Waals surface area contributed by atoms with Gasteiger partial charge in [-0.25, -0.2) is 16.8 Å². The van der Waals surface area contributed by atoms with Crippen LogP contribution in [0.3, 0.4) is 0 Å². The fourth-order valence-corrected chi connectivity index (χ4v) is 8.64. The zero-order valence-electron chi connectivity index (χ0n) is 12.4. The van der Waals surface area contributed by atoms with Crippen molar-refractivity contribution in [2.75, 3.05) is 24.7 Å². The second kappa shape index (κ2) is 6.72. The lowest BCUT2D eigenvalue weighted by molar-refractivity contribution is 0.0877. The van der Waals surface area contributed by atoms with Crippen LogP contribution in [0.2, 0.25) is 0 Å². The molecule has 2 aliphatic rings. The Morgan fingerprint density at radius 3 is 2.65 bits per heavy atom. The van der Waals surface area contributed by atoms with Gasteiger partial charge < -0.3 is 4.74 Å². The van der Waals surface area contributed by atoms with Gasteiger partial charge in [0.05, 0.1) is 21.4 Å². The number of sulfone groups is 1. The summed E-state index contributed by atoms with van der Waals surface area (Å²) in [6.07, 6.45) is 1.91. The first-order valence-corrected chi connectivity index (χ1v) is 12.2. The van der Waals surface area contributed by atoms with Gasteiger partial charge in [0.2, 0.25) is 0 Å². The third kappa shape index (κ3) is 3.98. The quantitative estimate of drug-likeness (QED) is 0.693. The van der Waals surface area contributed by atoms with Crippen LogP contribution >= 0.6 is 27.3 Å². The second-order valence-electron chi connectivity index (χ2n) is 5.83. The van der Waals surface area contributed by atoms with E-state index < -0.39 is 25.9 Å². The Balaban J connectivity index is 1.90. The van der Waals surface area contributed by atoms with Gasteiger partial charge in [0.25, 0.3) is 10.0 Å². The highest BCUT2D eigenvalue weighted by Gasteiger charge is 2.40. The first-order chi connectivity index (χ1) is 10.8. The summed E-state index contributed by atoms with van der Waals surface area (Å²) in [6.45, 7) is 0.851. The Labute approximate surface area is 148 Å². The molecule has 23 heavy (non-hydrogen) atoms. The number of nitrogens with zero attached hydrogens (tertiary/aromatic N) is 1. The Bertz CT molecular complexity index is 767. The Hall–Kier alpha value is -0.0000000000000000833. The molecule has 0 aliphatic carbocycles. The number of thiophene rings is 1. The summed E-state index contributed by atoms with van der Waals surface area (Å²) in [5.74, 6) is -0.0607. The summed E-state index contributed by atoms with van der Waals surface area (Å²) < 4.78 is 57.5. The highest BCUT2D eigenvalue weighted by atomic mass is 79.9. The number of sulfonamides is 1. The predicted octanol–water partition coefficient (Wildman–Crippen LogP) is 1.87. The molecule has 0 spiro atoms. The standard InChI is InChI=1S/C13H18BrNO5S3/c14-12-3-4-13(21-12)23(18,19)15(8-11-2-1-6-20-11)10-5-7-22(16,17)9-10/h3-4,10-11H,1-2,5-9H2/t10-,11+/m0/s1. The molecule has 10 heteroatoms. The van der Waals surface area contributed by atoms with Crippen LogP contribution in [-0.2, 0) is 24.6 Å². The molecule has 1 aromatic heterocycles. The van der Waals surface area contributed by atoms with Crippen LogP contribution < -0.4 is 0 Å². The van der Waals surface area contributed by atoms with Crippen molar-refractivity contribution in [3.63, 3.8) is 0 Å². The first-order valence-electron chi connectivity index (χ1n) is 7.37. The van der Waals surface area contributed by atoms with Gasteiger partial charge in [0.15, 0.2) is 9.84 Å². The second-order valence-corrected chi connectivity index (χ2v) is 12.6. The van der Waals surface area contributed by atoms with Gasteiger partial charge in [0, 0.05) is 19.2 Å². The normalized spacial score (nSPS) is 27.7. The highest BCUT2D eigenvalue weighted by Crippen LogP contribution is 2.32. The molecule has 2 atom stereocenters. The highest BCUT2D eigenvalue weighted by molar-refractivity contribution is 9.11. The van der Waals surface area contributed by atoms with Crippen LogP contribution in [-0.4, -0.2) is 57.9 Å². The van der Waals surface area contributed by atoms with Crippen LogP contribution in [0.15, 0.2) is 20.1 Å². The van der Waals surface area contributed by atoms with Crippen molar-refractivity contribution in [3.8, 4) is 0 Å². The van der Waals surface area contributed by atoms with Gasteiger partial charge in [-0.05, 0) is 47.3 Å². The van der Waals surface area contributed by atoms with E-state index in [2.05, 4.69) is 15.9 Å². The van der Waals surface area contributed by atoms with Crippen molar-refractivity contribution in [3.05, 3.63) is 15.9 Å². The Morgan fingerprint density at radius 2 is 2.13 bits per heavy atom. The maximum Gasteiger partial charge on any atom is 0.252 e. The molecule has 0 saturated carbocycles. The van der Waals surface area contributed by atoms with E-state index >= 15 is 0 Å². The topological polar surface area (TPSA) is 80.8 Å². The molecule has 1 aromatic rings. The molecule has 2 saturated heterocycles. The van der Waals surface area contributed by atoms with Crippen LogP contribution in [0.4, 0.5) is 0 Å². The minimum Gasteiger partial charge on any atom is -0.377 e. The predicted molar refractivity (Wildman–Crippen MR) is 91.9 cm³/mol. The number of halogens is 1. The van der Waals surface area contributed by atoms with E-state index in [1.807, 2.05) is 0 Å². The molecule has 2 fully saturated rings. The van der Waals surface area contributed by atoms with Crippen molar-refractivity contribution in [2.24, 2.45) is 0 Å². The first kappa shape index (κ1) is 17.8. The summed E-state index contributed by atoms with van der Waals surface area (Å²) in [7, 11) is -6.89. The molecule has 0 amide bonds. The van der Waals surface area contributed by atoms with Crippen LogP contribution in [0, 0.1) is 0 Å². The monoisotopic (exact) mass is 443 g/mol. The molecule has 2 aliphatic heterocycles. The van der Waals surface area contributed by atoms with Gasteiger partial charge in [-0.2, -0.15) is 4.31 Å². The van der Waals surface area contributed by atoms with Gasteiger partial charge in [-0.1, -0.05) is 0 Å². The van der Waals surface area contributed by atoms with Crippen molar-refractivity contribution in [1.29, 1.82) is 0 Å². The van der Waals surface area contributed by atoms with Crippen LogP contribution in [0.25, 0.3) is 0 Å². The lowest BCUT2D eigenvalue weighted by Crippen LogP contribution is -2.44. The summed E-state index contributed by atoms with van der Waals surface area (Å²) in [5, 5.41) is 0. The van der Waals surface area contributed by atoms with Crippen molar-refractivity contribution >= 4 is 47.1 Å². The fraction of sp³-hybridized carbons (Fsp3) is 0.692. The molecule has 6 nitrogen and oxygen atoms in total. The molecule has 0 radical (unpaired) electrons. The van der Waals surface area contributed by atoms with Gasteiger partial charge in [-0.15, -0.1) is 11.3 Å². The van der Waals surface area contributed by atoms with E-state index in [1.54, 1.807) is 12.1 Å². The molecule has 3 heterocycles. The number of ether oxygens (including phenoxy) is 1. The van der Waals surface area contributed by atoms with Gasteiger partial charge in [0.1, 0.15) is 4.21 Å². The zero-order chi connectivity index (χ0) is 16.7. The summed E-state index contributed by atoms with van der Waals surface area (Å²) in [6, 6.07) is 2.73. The molecule has 0 N–H and O–H groups in total. The van der Waals surface area contributed by atoms with Crippen LogP contribution in [0.1, 0.15) is 19.3 Å². The molecule has 3 rings (SSSR count). The Kier molecular flexibility index (Phi) is 5.20. The van der Waals surface area contributed by atoms with Crippen molar-refractivity contribution in [1.82, 2.24) is 4.31 Å². The van der Waals surface area contributed by atoms with Crippen molar-refractivity contribution in [2.45, 2.75) is 35.6 Å². The van der Waals surface area contributed by atoms with E-state index in [1.165, 1.54) is 4.31 Å². The summed E-state index contributed by atoms with van der Waals surface area (Å²) in [4.78, 5) is 0. The molecular formula is C13H18BrNO5S3. The summed E-state index contributed by atoms with van der Waals surface area (Å²) >= 11 is 4.41. The van der Waals surface area contributed by atoms with Crippen LogP contribution in [0.5, 0.6) is 0 Å². The SMILES string of the molecule is O=S1(=O)CC[C@H](N(C[C@H]2CCCO2)S(=O)(=O)c2ccc(Br)s2)C1. The van der Waals surface area contributed by atoms with Gasteiger partial charge in [-0.3, -0.25) is 0 Å². The minimum absolute atomic E-state index is 0.0450.